The first kappa shape index (κ1) is 15.1. The van der Waals surface area contributed by atoms with Gasteiger partial charge in [0, 0.05) is 26.6 Å². The average molecular weight is 287 g/mol. The maximum absolute atomic E-state index is 12.1. The number of imide groups is 1. The normalized spacial score (nSPS) is 27.0. The molecule has 2 heterocycles. The van der Waals surface area contributed by atoms with Crippen molar-refractivity contribution in [1.82, 2.24) is 15.1 Å². The number of nitrogens with zero attached hydrogens (tertiary/aromatic N) is 2. The maximum Gasteiger partial charge on any atom is 0.249 e. The third-order valence-electron chi connectivity index (χ3n) is 3.80. The summed E-state index contributed by atoms with van der Waals surface area (Å²) in [4.78, 5) is 27.6. The van der Waals surface area contributed by atoms with E-state index in [0.717, 1.165) is 24.5 Å². The zero-order chi connectivity index (χ0) is 15.4. The van der Waals surface area contributed by atoms with Crippen LogP contribution in [0.25, 0.3) is 0 Å². The summed E-state index contributed by atoms with van der Waals surface area (Å²) in [7, 11) is 2.01. The molecule has 2 aliphatic heterocycles. The van der Waals surface area contributed by atoms with Crippen molar-refractivity contribution < 1.29 is 9.59 Å². The Kier molecular flexibility index (Phi) is 4.62. The van der Waals surface area contributed by atoms with Crippen LogP contribution in [0.4, 0.5) is 0 Å². The number of piperazine rings is 1. The third-order valence-corrected chi connectivity index (χ3v) is 3.80. The molecule has 0 aromatic carbocycles. The number of carbonyl (C=O) groups excluding carboxylic acids is 2. The highest BCUT2D eigenvalue weighted by Gasteiger charge is 2.35. The van der Waals surface area contributed by atoms with Crippen molar-refractivity contribution in [3.63, 3.8) is 0 Å². The van der Waals surface area contributed by atoms with Crippen molar-refractivity contribution in [3.05, 3.63) is 48.9 Å². The minimum Gasteiger partial charge on any atom is -0.371 e. The lowest BCUT2D eigenvalue weighted by Gasteiger charge is -2.43. The molecule has 0 spiro atoms. The molecule has 2 aliphatic rings. The molecule has 2 saturated heterocycles. The molecule has 1 atom stereocenters. The Morgan fingerprint density at radius 1 is 1.14 bits per heavy atom. The Hall–Kier alpha value is -2.30. The van der Waals surface area contributed by atoms with Crippen LogP contribution in [0, 0.1) is 0 Å². The summed E-state index contributed by atoms with van der Waals surface area (Å²) in [6, 6.07) is -0.309. The van der Waals surface area contributed by atoms with E-state index >= 15 is 0 Å². The fraction of sp³-hybridized carbons (Fsp3) is 0.375. The van der Waals surface area contributed by atoms with Gasteiger partial charge in [-0.1, -0.05) is 25.3 Å². The van der Waals surface area contributed by atoms with Crippen LogP contribution >= 0.6 is 0 Å². The van der Waals surface area contributed by atoms with Gasteiger partial charge in [0.1, 0.15) is 6.04 Å². The largest absolute Gasteiger partial charge is 0.371 e. The first-order valence-corrected chi connectivity index (χ1v) is 7.05. The molecule has 2 amide bonds. The van der Waals surface area contributed by atoms with Gasteiger partial charge in [-0.3, -0.25) is 14.9 Å². The molecular weight excluding hydrogens is 266 g/mol. The van der Waals surface area contributed by atoms with Gasteiger partial charge in [-0.15, -0.1) is 0 Å². The summed E-state index contributed by atoms with van der Waals surface area (Å²) in [6.45, 7) is 9.05. The van der Waals surface area contributed by atoms with Crippen molar-refractivity contribution in [1.29, 1.82) is 0 Å². The summed E-state index contributed by atoms with van der Waals surface area (Å²) >= 11 is 0. The highest BCUT2D eigenvalue weighted by atomic mass is 16.2. The topological polar surface area (TPSA) is 52.7 Å². The van der Waals surface area contributed by atoms with Crippen LogP contribution < -0.4 is 5.32 Å². The Labute approximate surface area is 125 Å². The van der Waals surface area contributed by atoms with Gasteiger partial charge >= 0.3 is 0 Å². The Morgan fingerprint density at radius 2 is 1.81 bits per heavy atom. The number of allylic oxidation sites excluding steroid dienone is 4. The van der Waals surface area contributed by atoms with Gasteiger partial charge in [-0.2, -0.15) is 0 Å². The number of amides is 2. The van der Waals surface area contributed by atoms with Gasteiger partial charge in [-0.05, 0) is 18.6 Å². The molecular formula is C16H21N3O2. The SMILES string of the molecule is C=C/C=C1\C(=C/C=C)N(C2CCC(=O)NC2=O)CCN1C. The van der Waals surface area contributed by atoms with Crippen LogP contribution in [-0.4, -0.2) is 47.8 Å². The van der Waals surface area contributed by atoms with Crippen LogP contribution in [0.1, 0.15) is 12.8 Å². The van der Waals surface area contributed by atoms with Gasteiger partial charge < -0.3 is 9.80 Å². The molecule has 1 unspecified atom stereocenters. The summed E-state index contributed by atoms with van der Waals surface area (Å²) < 4.78 is 0. The molecule has 5 nitrogen and oxygen atoms in total. The van der Waals surface area contributed by atoms with Crippen molar-refractivity contribution in [2.45, 2.75) is 18.9 Å². The van der Waals surface area contributed by atoms with Gasteiger partial charge in [0.15, 0.2) is 0 Å². The van der Waals surface area contributed by atoms with E-state index in [0.29, 0.717) is 12.8 Å². The molecule has 1 N–H and O–H groups in total. The molecule has 2 rings (SSSR count). The molecule has 0 aliphatic carbocycles. The van der Waals surface area contributed by atoms with Crippen molar-refractivity contribution in [2.75, 3.05) is 20.1 Å². The first-order chi connectivity index (χ1) is 10.1. The van der Waals surface area contributed by atoms with Gasteiger partial charge in [0.2, 0.25) is 11.8 Å². The van der Waals surface area contributed by atoms with Crippen LogP contribution in [0.2, 0.25) is 0 Å². The highest BCUT2D eigenvalue weighted by Crippen LogP contribution is 2.28. The van der Waals surface area contributed by atoms with E-state index in [1.807, 2.05) is 19.2 Å². The quantitative estimate of drug-likeness (QED) is 0.792. The van der Waals surface area contributed by atoms with E-state index in [2.05, 4.69) is 28.3 Å². The van der Waals surface area contributed by atoms with E-state index in [4.69, 9.17) is 0 Å². The van der Waals surface area contributed by atoms with Crippen molar-refractivity contribution >= 4 is 11.8 Å². The fourth-order valence-electron chi connectivity index (χ4n) is 2.76. The summed E-state index contributed by atoms with van der Waals surface area (Å²) in [5.74, 6) is -0.412. The predicted octanol–water partition coefficient (Wildman–Crippen LogP) is 1.18. The second-order valence-electron chi connectivity index (χ2n) is 5.16. The molecule has 5 heteroatoms. The molecule has 0 aromatic rings. The van der Waals surface area contributed by atoms with E-state index in [9.17, 15) is 9.59 Å². The molecule has 0 saturated carbocycles. The molecule has 0 aromatic heterocycles. The van der Waals surface area contributed by atoms with Gasteiger partial charge in [-0.25, -0.2) is 0 Å². The highest BCUT2D eigenvalue weighted by molar-refractivity contribution is 6.00. The van der Waals surface area contributed by atoms with Crippen molar-refractivity contribution in [2.24, 2.45) is 0 Å². The zero-order valence-electron chi connectivity index (χ0n) is 12.3. The smallest absolute Gasteiger partial charge is 0.249 e. The average Bonchev–Trinajstić information content (AvgIpc) is 2.44. The number of hydrogen-bond donors (Lipinski definition) is 1. The molecule has 0 radical (unpaired) electrons. The summed E-state index contributed by atoms with van der Waals surface area (Å²) in [5.41, 5.74) is 1.94. The molecule has 0 bridgehead atoms. The minimum atomic E-state index is -0.309. The number of likely N-dealkylation sites (N-methyl/N-ethyl adjacent to an activating group) is 1. The lowest BCUT2D eigenvalue weighted by Crippen LogP contribution is -2.55. The van der Waals surface area contributed by atoms with E-state index in [1.165, 1.54) is 0 Å². The van der Waals surface area contributed by atoms with E-state index in [1.54, 1.807) is 12.2 Å². The van der Waals surface area contributed by atoms with Gasteiger partial charge in [0.25, 0.3) is 0 Å². The van der Waals surface area contributed by atoms with Crippen LogP contribution in [0.15, 0.2) is 48.9 Å². The monoisotopic (exact) mass is 287 g/mol. The fourth-order valence-corrected chi connectivity index (χ4v) is 2.76. The van der Waals surface area contributed by atoms with Crippen molar-refractivity contribution in [3.8, 4) is 0 Å². The Bertz CT molecular complexity index is 534. The Morgan fingerprint density at radius 3 is 2.43 bits per heavy atom. The summed E-state index contributed by atoms with van der Waals surface area (Å²) in [6.07, 6.45) is 8.19. The van der Waals surface area contributed by atoms with Crippen LogP contribution in [0.5, 0.6) is 0 Å². The van der Waals surface area contributed by atoms with Crippen LogP contribution in [0.3, 0.4) is 0 Å². The second kappa shape index (κ2) is 6.43. The summed E-state index contributed by atoms with van der Waals surface area (Å²) in [5, 5.41) is 2.42. The lowest BCUT2D eigenvalue weighted by molar-refractivity contribution is -0.137. The standard InChI is InChI=1S/C16H21N3O2/c1-4-6-12-13(7-5-2)19(11-10-18(12)3)14-8-9-15(20)17-16(14)21/h4-7,14H,1-2,8-11H2,3H3,(H,17,20,21)/b12-6+,13-7+. The Balaban J connectivity index is 2.33. The number of rotatable bonds is 3. The van der Waals surface area contributed by atoms with E-state index in [-0.39, 0.29) is 17.9 Å². The number of piperidine rings is 1. The van der Waals surface area contributed by atoms with Crippen LogP contribution in [-0.2, 0) is 9.59 Å². The number of hydrogen-bond acceptors (Lipinski definition) is 4. The number of carbonyl (C=O) groups is 2. The first-order valence-electron chi connectivity index (χ1n) is 7.05. The van der Waals surface area contributed by atoms with Gasteiger partial charge in [0.05, 0.1) is 11.4 Å². The molecule has 21 heavy (non-hydrogen) atoms. The third kappa shape index (κ3) is 3.07. The molecule has 112 valence electrons. The lowest BCUT2D eigenvalue weighted by atomic mass is 10.0. The minimum absolute atomic E-state index is 0.193. The maximum atomic E-state index is 12.1. The number of nitrogens with one attached hydrogen (secondary N) is 1. The zero-order valence-corrected chi connectivity index (χ0v) is 12.3. The predicted molar refractivity (Wildman–Crippen MR) is 82.1 cm³/mol. The second-order valence-corrected chi connectivity index (χ2v) is 5.16. The molecule has 2 fully saturated rings. The van der Waals surface area contributed by atoms with E-state index < -0.39 is 0 Å².